The molecule has 1 aromatic rings. The lowest BCUT2D eigenvalue weighted by molar-refractivity contribution is -0.132. The number of thioether (sulfide) groups is 1. The third kappa shape index (κ3) is 3.77. The van der Waals surface area contributed by atoms with E-state index in [-0.39, 0.29) is 11.7 Å². The van der Waals surface area contributed by atoms with Crippen LogP contribution >= 0.6 is 24.0 Å². The highest BCUT2D eigenvalue weighted by atomic mass is 32.2. The molecule has 0 aliphatic carbocycles. The van der Waals surface area contributed by atoms with Gasteiger partial charge in [0.2, 0.25) is 0 Å². The summed E-state index contributed by atoms with van der Waals surface area (Å²) in [7, 11) is 3.09. The average molecular weight is 338 g/mol. The van der Waals surface area contributed by atoms with Gasteiger partial charge in [-0.15, -0.1) is 0 Å². The Morgan fingerprint density at radius 1 is 1.36 bits per heavy atom. The number of amides is 2. The lowest BCUT2D eigenvalue weighted by atomic mass is 10.2. The maximum atomic E-state index is 11.8. The van der Waals surface area contributed by atoms with Crippen LogP contribution in [0.2, 0.25) is 0 Å². The molecule has 0 atom stereocenters. The predicted molar refractivity (Wildman–Crippen MR) is 88.6 cm³/mol. The summed E-state index contributed by atoms with van der Waals surface area (Å²) in [5, 5.41) is 1.08. The molecule has 2 rings (SSSR count). The minimum Gasteiger partial charge on any atom is -0.493 e. The standard InChI is InChI=1S/C14H14N2O4S2/c1-19-10-5-3-9(7-11(10)20-2)4-6-12(17)15-16-13(18)8-22-14(16)21/h3-7H,8H2,1-2H3,(H,15,17)/b6-4+. The van der Waals surface area contributed by atoms with Crippen LogP contribution in [0.25, 0.3) is 6.08 Å². The topological polar surface area (TPSA) is 67.9 Å². The van der Waals surface area contributed by atoms with E-state index in [1.165, 1.54) is 24.9 Å². The summed E-state index contributed by atoms with van der Waals surface area (Å²) in [5.74, 6) is 0.751. The fourth-order valence-electron chi connectivity index (χ4n) is 1.74. The highest BCUT2D eigenvalue weighted by Crippen LogP contribution is 2.27. The summed E-state index contributed by atoms with van der Waals surface area (Å²) in [6.07, 6.45) is 2.92. The van der Waals surface area contributed by atoms with Crippen LogP contribution in [0.15, 0.2) is 24.3 Å². The molecule has 1 aromatic carbocycles. The van der Waals surface area contributed by atoms with Crippen molar-refractivity contribution in [2.75, 3.05) is 20.0 Å². The van der Waals surface area contributed by atoms with Crippen molar-refractivity contribution >= 4 is 46.2 Å². The Bertz CT molecular complexity index is 630. The van der Waals surface area contributed by atoms with E-state index in [1.807, 2.05) is 0 Å². The second-order valence-corrected chi connectivity index (χ2v) is 5.82. The molecule has 0 saturated carbocycles. The van der Waals surface area contributed by atoms with Gasteiger partial charge in [0.25, 0.3) is 11.8 Å². The summed E-state index contributed by atoms with van der Waals surface area (Å²) in [6, 6.07) is 5.27. The Kier molecular flexibility index (Phi) is 5.40. The van der Waals surface area contributed by atoms with Gasteiger partial charge in [-0.1, -0.05) is 30.0 Å². The van der Waals surface area contributed by atoms with Gasteiger partial charge in [0.1, 0.15) is 0 Å². The minimum atomic E-state index is -0.437. The number of hydrazine groups is 1. The minimum absolute atomic E-state index is 0.233. The number of carbonyl (C=O) groups is 2. The highest BCUT2D eigenvalue weighted by molar-refractivity contribution is 8.23. The van der Waals surface area contributed by atoms with Crippen LogP contribution in [0, 0.1) is 0 Å². The van der Waals surface area contributed by atoms with E-state index < -0.39 is 5.91 Å². The summed E-state index contributed by atoms with van der Waals surface area (Å²) in [6.45, 7) is 0. The van der Waals surface area contributed by atoms with Crippen LogP contribution < -0.4 is 14.9 Å². The van der Waals surface area contributed by atoms with Crippen LogP contribution in [0.3, 0.4) is 0 Å². The zero-order chi connectivity index (χ0) is 16.1. The number of rotatable bonds is 5. The molecule has 1 aliphatic heterocycles. The fraction of sp³-hybridized carbons (Fsp3) is 0.214. The normalized spacial score (nSPS) is 14.5. The molecular formula is C14H14N2O4S2. The number of nitrogens with zero attached hydrogens (tertiary/aromatic N) is 1. The van der Waals surface area contributed by atoms with Crippen LogP contribution in [0.4, 0.5) is 0 Å². The van der Waals surface area contributed by atoms with Gasteiger partial charge in [0.05, 0.1) is 20.0 Å². The molecule has 6 nitrogen and oxygen atoms in total. The van der Waals surface area contributed by atoms with E-state index in [9.17, 15) is 9.59 Å². The van der Waals surface area contributed by atoms with Crippen LogP contribution in [-0.4, -0.2) is 41.1 Å². The number of hydrogen-bond acceptors (Lipinski definition) is 6. The van der Waals surface area contributed by atoms with Gasteiger partial charge < -0.3 is 9.47 Å². The molecule has 1 heterocycles. The molecule has 0 unspecified atom stereocenters. The fourth-order valence-corrected chi connectivity index (χ4v) is 2.72. The summed E-state index contributed by atoms with van der Waals surface area (Å²) < 4.78 is 10.7. The van der Waals surface area contributed by atoms with Gasteiger partial charge in [-0.05, 0) is 23.8 Å². The van der Waals surface area contributed by atoms with E-state index in [2.05, 4.69) is 5.43 Å². The Morgan fingerprint density at radius 3 is 2.68 bits per heavy atom. The molecule has 0 aromatic heterocycles. The number of benzene rings is 1. The summed E-state index contributed by atoms with van der Waals surface area (Å²) in [5.41, 5.74) is 3.20. The summed E-state index contributed by atoms with van der Waals surface area (Å²) in [4.78, 5) is 23.3. The first-order valence-corrected chi connectivity index (χ1v) is 7.65. The first-order chi connectivity index (χ1) is 10.5. The largest absolute Gasteiger partial charge is 0.493 e. The lowest BCUT2D eigenvalue weighted by Gasteiger charge is -2.14. The number of thiocarbonyl (C=S) groups is 1. The third-order valence-corrected chi connectivity index (χ3v) is 4.16. The molecule has 116 valence electrons. The molecule has 0 bridgehead atoms. The van der Waals surface area contributed by atoms with Gasteiger partial charge in [-0.3, -0.25) is 15.0 Å². The highest BCUT2D eigenvalue weighted by Gasteiger charge is 2.27. The van der Waals surface area contributed by atoms with Crippen LogP contribution in [-0.2, 0) is 9.59 Å². The van der Waals surface area contributed by atoms with Crippen molar-refractivity contribution in [1.82, 2.24) is 10.4 Å². The molecular weight excluding hydrogens is 324 g/mol. The molecule has 22 heavy (non-hydrogen) atoms. The quantitative estimate of drug-likeness (QED) is 0.650. The number of methoxy groups -OCH3 is 2. The van der Waals surface area contributed by atoms with Gasteiger partial charge in [-0.25, -0.2) is 5.01 Å². The number of carbonyl (C=O) groups excluding carboxylic acids is 2. The SMILES string of the molecule is COc1ccc(/C=C/C(=O)NN2C(=O)CSC2=S)cc1OC. The van der Waals surface area contributed by atoms with Gasteiger partial charge >= 0.3 is 0 Å². The molecule has 0 radical (unpaired) electrons. The Hall–Kier alpha value is -2.06. The summed E-state index contributed by atoms with van der Waals surface area (Å²) >= 11 is 6.19. The van der Waals surface area contributed by atoms with E-state index in [0.717, 1.165) is 10.6 Å². The zero-order valence-electron chi connectivity index (χ0n) is 12.0. The monoisotopic (exact) mass is 338 g/mol. The van der Waals surface area contributed by atoms with Gasteiger partial charge in [0, 0.05) is 6.08 Å². The van der Waals surface area contributed by atoms with E-state index in [1.54, 1.807) is 31.4 Å². The second-order valence-electron chi connectivity index (χ2n) is 4.21. The van der Waals surface area contributed by atoms with Crippen molar-refractivity contribution in [3.05, 3.63) is 29.8 Å². The van der Waals surface area contributed by atoms with E-state index >= 15 is 0 Å². The second kappa shape index (κ2) is 7.28. The third-order valence-electron chi connectivity index (χ3n) is 2.81. The molecule has 1 aliphatic rings. The number of ether oxygens (including phenoxy) is 2. The number of nitrogens with one attached hydrogen (secondary N) is 1. The predicted octanol–water partition coefficient (Wildman–Crippen LogP) is 1.61. The first kappa shape index (κ1) is 16.3. The average Bonchev–Trinajstić information content (AvgIpc) is 2.84. The Labute approximate surface area is 137 Å². The molecule has 2 amide bonds. The number of hydrogen-bond donors (Lipinski definition) is 1. The maximum Gasteiger partial charge on any atom is 0.262 e. The molecule has 1 saturated heterocycles. The lowest BCUT2D eigenvalue weighted by Crippen LogP contribution is -2.44. The van der Waals surface area contributed by atoms with E-state index in [0.29, 0.717) is 15.8 Å². The van der Waals surface area contributed by atoms with Crippen LogP contribution in [0.1, 0.15) is 5.56 Å². The van der Waals surface area contributed by atoms with Gasteiger partial charge in [-0.2, -0.15) is 0 Å². The molecule has 8 heteroatoms. The molecule has 1 N–H and O–H groups in total. The first-order valence-electron chi connectivity index (χ1n) is 6.25. The zero-order valence-corrected chi connectivity index (χ0v) is 13.6. The van der Waals surface area contributed by atoms with Crippen molar-refractivity contribution in [1.29, 1.82) is 0 Å². The van der Waals surface area contributed by atoms with Crippen LogP contribution in [0.5, 0.6) is 11.5 Å². The molecule has 1 fully saturated rings. The van der Waals surface area contributed by atoms with Crippen molar-refractivity contribution in [2.24, 2.45) is 0 Å². The van der Waals surface area contributed by atoms with Crippen molar-refractivity contribution in [3.63, 3.8) is 0 Å². The smallest absolute Gasteiger partial charge is 0.262 e. The van der Waals surface area contributed by atoms with Gasteiger partial charge in [0.15, 0.2) is 15.8 Å². The Morgan fingerprint density at radius 2 is 2.09 bits per heavy atom. The molecule has 0 spiro atoms. The maximum absolute atomic E-state index is 11.8. The van der Waals surface area contributed by atoms with Crippen molar-refractivity contribution in [2.45, 2.75) is 0 Å². The Balaban J connectivity index is 2.03. The van der Waals surface area contributed by atoms with Crippen molar-refractivity contribution < 1.29 is 19.1 Å². The van der Waals surface area contributed by atoms with E-state index in [4.69, 9.17) is 21.7 Å². The van der Waals surface area contributed by atoms with Crippen molar-refractivity contribution in [3.8, 4) is 11.5 Å².